The van der Waals surface area contributed by atoms with Crippen LogP contribution >= 0.6 is 0 Å². The Morgan fingerprint density at radius 2 is 1.89 bits per heavy atom. The first-order chi connectivity index (χ1) is 8.51. The van der Waals surface area contributed by atoms with Gasteiger partial charge in [0.1, 0.15) is 0 Å². The van der Waals surface area contributed by atoms with E-state index in [1.165, 1.54) is 18.4 Å². The first-order valence-corrected chi connectivity index (χ1v) is 6.98. The average molecular weight is 260 g/mol. The number of sulfonamides is 1. The molecule has 0 amide bonds. The van der Waals surface area contributed by atoms with Gasteiger partial charge in [0.25, 0.3) is 0 Å². The van der Waals surface area contributed by atoms with Gasteiger partial charge in [0.2, 0.25) is 10.0 Å². The van der Waals surface area contributed by atoms with Gasteiger partial charge in [-0.1, -0.05) is 18.2 Å². The molecule has 4 nitrogen and oxygen atoms in total. The van der Waals surface area contributed by atoms with E-state index in [1.54, 1.807) is 18.3 Å². The van der Waals surface area contributed by atoms with Crippen molar-refractivity contribution in [3.8, 4) is 0 Å². The summed E-state index contributed by atoms with van der Waals surface area (Å²) in [6.45, 7) is 0. The third kappa shape index (κ3) is 1.41. The number of rotatable bonds is 2. The van der Waals surface area contributed by atoms with Crippen molar-refractivity contribution in [1.82, 2.24) is 4.31 Å². The fourth-order valence-electron chi connectivity index (χ4n) is 2.16. The second-order valence-electron chi connectivity index (χ2n) is 4.40. The van der Waals surface area contributed by atoms with E-state index in [0.29, 0.717) is 4.90 Å². The Bertz CT molecular complexity index is 765. The van der Waals surface area contributed by atoms with E-state index in [1.807, 2.05) is 18.2 Å². The number of aliphatic imine (C=N–C) groups is 1. The lowest BCUT2D eigenvalue weighted by atomic mass is 10.1. The maximum Gasteiger partial charge on any atom is 0.243 e. The van der Waals surface area contributed by atoms with Crippen LogP contribution in [0.3, 0.4) is 0 Å². The van der Waals surface area contributed by atoms with E-state index < -0.39 is 10.0 Å². The summed E-state index contributed by atoms with van der Waals surface area (Å²) in [5, 5.41) is 1.65. The first-order valence-electron chi connectivity index (χ1n) is 5.54. The van der Waals surface area contributed by atoms with Gasteiger partial charge >= 0.3 is 0 Å². The van der Waals surface area contributed by atoms with Crippen LogP contribution in [0.2, 0.25) is 0 Å². The molecule has 0 unspecified atom stereocenters. The molecule has 18 heavy (non-hydrogen) atoms. The summed E-state index contributed by atoms with van der Waals surface area (Å²) in [6, 6.07) is 9.00. The van der Waals surface area contributed by atoms with Gasteiger partial charge in [-0.05, 0) is 12.1 Å². The molecule has 0 saturated heterocycles. The van der Waals surface area contributed by atoms with Crippen molar-refractivity contribution in [1.29, 1.82) is 0 Å². The van der Waals surface area contributed by atoms with Crippen molar-refractivity contribution in [2.75, 3.05) is 14.1 Å². The Kier molecular flexibility index (Phi) is 2.30. The summed E-state index contributed by atoms with van der Waals surface area (Å²) in [4.78, 5) is 4.61. The van der Waals surface area contributed by atoms with Gasteiger partial charge in [-0.2, -0.15) is 0 Å². The van der Waals surface area contributed by atoms with Crippen LogP contribution in [0.15, 0.2) is 40.2 Å². The minimum atomic E-state index is -3.43. The molecule has 0 fully saturated rings. The normalized spacial score (nSPS) is 13.7. The molecular formula is C13H12N2O2S. The molecule has 0 N–H and O–H groups in total. The molecule has 1 heterocycles. The Balaban J connectivity index is 2.43. The van der Waals surface area contributed by atoms with Crippen molar-refractivity contribution in [3.05, 3.63) is 35.9 Å². The average Bonchev–Trinajstić information content (AvgIpc) is 2.75. The Morgan fingerprint density at radius 1 is 1.11 bits per heavy atom. The number of benzene rings is 2. The van der Waals surface area contributed by atoms with Crippen LogP contribution in [0.1, 0.15) is 5.56 Å². The van der Waals surface area contributed by atoms with Crippen LogP contribution in [0.25, 0.3) is 10.8 Å². The van der Waals surface area contributed by atoms with Crippen LogP contribution in [-0.2, 0) is 10.0 Å². The van der Waals surface area contributed by atoms with Crippen molar-refractivity contribution in [2.24, 2.45) is 4.99 Å². The highest BCUT2D eigenvalue weighted by molar-refractivity contribution is 7.89. The molecule has 0 aromatic heterocycles. The molecule has 0 spiro atoms. The van der Waals surface area contributed by atoms with Gasteiger partial charge in [-0.3, -0.25) is 4.99 Å². The zero-order valence-corrected chi connectivity index (χ0v) is 10.9. The highest BCUT2D eigenvalue weighted by Gasteiger charge is 2.22. The molecule has 1 aliphatic rings. The van der Waals surface area contributed by atoms with E-state index >= 15 is 0 Å². The minimum absolute atomic E-state index is 0.332. The summed E-state index contributed by atoms with van der Waals surface area (Å²) in [6.07, 6.45) is 1.77. The second kappa shape index (κ2) is 3.63. The smallest absolute Gasteiger partial charge is 0.243 e. The molecule has 0 aliphatic carbocycles. The molecule has 3 rings (SSSR count). The molecule has 0 atom stereocenters. The summed E-state index contributed by atoms with van der Waals surface area (Å²) in [7, 11) is -0.358. The maximum absolute atomic E-state index is 12.3. The predicted octanol–water partition coefficient (Wildman–Crippen LogP) is 2.15. The van der Waals surface area contributed by atoms with E-state index in [0.717, 1.165) is 22.0 Å². The lowest BCUT2D eigenvalue weighted by Crippen LogP contribution is -2.22. The summed E-state index contributed by atoms with van der Waals surface area (Å²) in [5.74, 6) is 0. The molecule has 2 aromatic carbocycles. The van der Waals surface area contributed by atoms with Crippen LogP contribution in [0.5, 0.6) is 0 Å². The first kappa shape index (κ1) is 11.4. The molecule has 92 valence electrons. The van der Waals surface area contributed by atoms with Crippen LogP contribution < -0.4 is 0 Å². The summed E-state index contributed by atoms with van der Waals surface area (Å²) in [5.41, 5.74) is 1.80. The molecule has 0 saturated carbocycles. The van der Waals surface area contributed by atoms with Crippen molar-refractivity contribution < 1.29 is 8.42 Å². The highest BCUT2D eigenvalue weighted by Crippen LogP contribution is 2.36. The Morgan fingerprint density at radius 3 is 2.61 bits per heavy atom. The van der Waals surface area contributed by atoms with Gasteiger partial charge in [-0.15, -0.1) is 0 Å². The van der Waals surface area contributed by atoms with Crippen molar-refractivity contribution in [3.63, 3.8) is 0 Å². The summed E-state index contributed by atoms with van der Waals surface area (Å²) >= 11 is 0. The standard InChI is InChI=1S/C13H12N2O2S/c1-15(2)18(16,17)12-7-6-11-13-9(8-14-11)4-3-5-10(12)13/h3-8H,1-2H3. The lowest BCUT2D eigenvalue weighted by Gasteiger charge is -2.14. The summed E-state index contributed by atoms with van der Waals surface area (Å²) < 4.78 is 25.8. The monoisotopic (exact) mass is 260 g/mol. The molecule has 1 aliphatic heterocycles. The lowest BCUT2D eigenvalue weighted by molar-refractivity contribution is 0.521. The zero-order chi connectivity index (χ0) is 12.9. The Hall–Kier alpha value is -1.72. The van der Waals surface area contributed by atoms with Crippen molar-refractivity contribution >= 4 is 32.7 Å². The highest BCUT2D eigenvalue weighted by atomic mass is 32.2. The number of hydrogen-bond acceptors (Lipinski definition) is 3. The largest absolute Gasteiger partial charge is 0.256 e. The SMILES string of the molecule is CN(C)S(=O)(=O)c1ccc2c3c(cccc13)C=N2. The van der Waals surface area contributed by atoms with E-state index in [-0.39, 0.29) is 0 Å². The number of hydrogen-bond donors (Lipinski definition) is 0. The van der Waals surface area contributed by atoms with Crippen molar-refractivity contribution in [2.45, 2.75) is 4.90 Å². The van der Waals surface area contributed by atoms with Gasteiger partial charge in [0.05, 0.1) is 10.6 Å². The molecular weight excluding hydrogens is 248 g/mol. The fraction of sp³-hybridized carbons (Fsp3) is 0.154. The topological polar surface area (TPSA) is 49.7 Å². The van der Waals surface area contributed by atoms with Crippen LogP contribution in [0, 0.1) is 0 Å². The van der Waals surface area contributed by atoms with Crippen LogP contribution in [-0.4, -0.2) is 33.0 Å². The second-order valence-corrected chi connectivity index (χ2v) is 6.52. The molecule has 0 bridgehead atoms. The quantitative estimate of drug-likeness (QED) is 0.709. The third-order valence-corrected chi connectivity index (χ3v) is 4.99. The fourth-order valence-corrected chi connectivity index (χ4v) is 3.25. The number of nitrogens with zero attached hydrogens (tertiary/aromatic N) is 2. The van der Waals surface area contributed by atoms with Gasteiger partial charge in [0, 0.05) is 36.6 Å². The van der Waals surface area contributed by atoms with Gasteiger partial charge < -0.3 is 0 Å². The zero-order valence-electron chi connectivity index (χ0n) is 10.1. The van der Waals surface area contributed by atoms with Crippen LogP contribution in [0.4, 0.5) is 5.69 Å². The molecule has 2 aromatic rings. The molecule has 5 heteroatoms. The molecule has 0 radical (unpaired) electrons. The third-order valence-electron chi connectivity index (χ3n) is 3.11. The van der Waals surface area contributed by atoms with E-state index in [2.05, 4.69) is 4.99 Å². The predicted molar refractivity (Wildman–Crippen MR) is 72.1 cm³/mol. The van der Waals surface area contributed by atoms with Gasteiger partial charge in [0.15, 0.2) is 0 Å². The van der Waals surface area contributed by atoms with E-state index in [4.69, 9.17) is 0 Å². The minimum Gasteiger partial charge on any atom is -0.256 e. The van der Waals surface area contributed by atoms with Gasteiger partial charge in [-0.25, -0.2) is 12.7 Å². The maximum atomic E-state index is 12.3. The van der Waals surface area contributed by atoms with E-state index in [9.17, 15) is 8.42 Å². The Labute approximate surface area is 106 Å².